The molecular weight excluding hydrogens is 364 g/mol. The summed E-state index contributed by atoms with van der Waals surface area (Å²) in [5.74, 6) is 0. The van der Waals surface area contributed by atoms with Gasteiger partial charge in [0, 0.05) is 25.5 Å². The zero-order valence-electron chi connectivity index (χ0n) is 18.3. The molecule has 1 unspecified atom stereocenters. The number of unbranched alkanes of at least 4 members (excludes halogenated alkanes) is 11. The van der Waals surface area contributed by atoms with Crippen molar-refractivity contribution in [2.24, 2.45) is 0 Å². The van der Waals surface area contributed by atoms with Gasteiger partial charge in [0.2, 0.25) is 0 Å². The van der Waals surface area contributed by atoms with Gasteiger partial charge in [-0.3, -0.25) is 0 Å². The van der Waals surface area contributed by atoms with E-state index >= 15 is 0 Å². The predicted octanol–water partition coefficient (Wildman–Crippen LogP) is 7.74. The van der Waals surface area contributed by atoms with Crippen LogP contribution in [-0.4, -0.2) is 22.5 Å². The van der Waals surface area contributed by atoms with Crippen LogP contribution in [0.5, 0.6) is 0 Å². The largest absolute Gasteiger partial charge is 0.356 e. The molecule has 1 heterocycles. The van der Waals surface area contributed by atoms with Crippen LogP contribution in [0.25, 0.3) is 0 Å². The molecule has 160 valence electrons. The van der Waals surface area contributed by atoms with E-state index in [1.165, 1.54) is 89.2 Å². The van der Waals surface area contributed by atoms with Crippen LogP contribution in [0.4, 0.5) is 0 Å². The Kier molecular flexibility index (Phi) is 14.0. The van der Waals surface area contributed by atoms with Gasteiger partial charge in [-0.1, -0.05) is 108 Å². The van der Waals surface area contributed by atoms with E-state index in [1.54, 1.807) is 0 Å². The monoisotopic (exact) mass is 406 g/mol. The highest BCUT2D eigenvalue weighted by molar-refractivity contribution is 5.85. The minimum absolute atomic E-state index is 0. The standard InChI is InChI=1S/C25H42N2.ClH/c1-3-4-5-6-7-8-9-10-11-12-13-17-20-26-21-22-27(24(26)2)23-25-18-15-14-16-19-25;/h14-16,18-19,21-22,24H,3-13,17,20,23H2,1-2H3;1H. The van der Waals surface area contributed by atoms with Gasteiger partial charge in [0.05, 0.1) is 6.17 Å². The van der Waals surface area contributed by atoms with Crippen LogP contribution < -0.4 is 0 Å². The van der Waals surface area contributed by atoms with Gasteiger partial charge in [-0.15, -0.1) is 12.4 Å². The van der Waals surface area contributed by atoms with Crippen molar-refractivity contribution in [2.75, 3.05) is 6.54 Å². The molecule has 0 spiro atoms. The second-order valence-electron chi connectivity index (χ2n) is 8.21. The fourth-order valence-corrected chi connectivity index (χ4v) is 3.99. The minimum atomic E-state index is 0. The lowest BCUT2D eigenvalue weighted by atomic mass is 10.1. The van der Waals surface area contributed by atoms with Crippen LogP contribution >= 0.6 is 12.4 Å². The lowest BCUT2D eigenvalue weighted by Gasteiger charge is -2.30. The molecular formula is C25H43ClN2. The first kappa shape index (κ1) is 24.9. The van der Waals surface area contributed by atoms with E-state index in [2.05, 4.69) is 66.4 Å². The van der Waals surface area contributed by atoms with Gasteiger partial charge in [0.1, 0.15) is 0 Å². The maximum absolute atomic E-state index is 2.50. The lowest BCUT2D eigenvalue weighted by Crippen LogP contribution is -2.36. The Balaban J connectivity index is 0.00000392. The molecule has 1 aliphatic rings. The normalized spacial score (nSPS) is 15.9. The Morgan fingerprint density at radius 1 is 0.679 bits per heavy atom. The van der Waals surface area contributed by atoms with Gasteiger partial charge < -0.3 is 9.80 Å². The van der Waals surface area contributed by atoms with Crippen molar-refractivity contribution >= 4 is 12.4 Å². The van der Waals surface area contributed by atoms with Crippen LogP contribution in [-0.2, 0) is 6.54 Å². The van der Waals surface area contributed by atoms with E-state index in [4.69, 9.17) is 0 Å². The summed E-state index contributed by atoms with van der Waals surface area (Å²) in [7, 11) is 0. The lowest BCUT2D eigenvalue weighted by molar-refractivity contribution is 0.162. The van der Waals surface area contributed by atoms with Crippen molar-refractivity contribution in [3.8, 4) is 0 Å². The van der Waals surface area contributed by atoms with Crippen molar-refractivity contribution in [2.45, 2.75) is 104 Å². The highest BCUT2D eigenvalue weighted by Crippen LogP contribution is 2.19. The molecule has 3 heteroatoms. The van der Waals surface area contributed by atoms with Gasteiger partial charge in [-0.25, -0.2) is 0 Å². The van der Waals surface area contributed by atoms with Crippen molar-refractivity contribution in [1.29, 1.82) is 0 Å². The quantitative estimate of drug-likeness (QED) is 0.275. The molecule has 2 rings (SSSR count). The molecule has 28 heavy (non-hydrogen) atoms. The van der Waals surface area contributed by atoms with Gasteiger partial charge in [0.15, 0.2) is 0 Å². The molecule has 2 nitrogen and oxygen atoms in total. The maximum atomic E-state index is 2.50. The van der Waals surface area contributed by atoms with Gasteiger partial charge in [-0.05, 0) is 18.9 Å². The molecule has 0 aromatic heterocycles. The second-order valence-corrected chi connectivity index (χ2v) is 8.21. The fraction of sp³-hybridized carbons (Fsp3) is 0.680. The van der Waals surface area contributed by atoms with E-state index in [-0.39, 0.29) is 12.4 Å². The van der Waals surface area contributed by atoms with Crippen LogP contribution in [0.1, 0.15) is 96.5 Å². The smallest absolute Gasteiger partial charge is 0.0981 e. The topological polar surface area (TPSA) is 6.48 Å². The summed E-state index contributed by atoms with van der Waals surface area (Å²) in [6.07, 6.45) is 22.1. The Morgan fingerprint density at radius 2 is 1.18 bits per heavy atom. The number of halogens is 1. The van der Waals surface area contributed by atoms with E-state index in [0.717, 1.165) is 6.54 Å². The minimum Gasteiger partial charge on any atom is -0.356 e. The molecule has 1 aromatic carbocycles. The number of nitrogens with zero attached hydrogens (tertiary/aromatic N) is 2. The first-order valence-electron chi connectivity index (χ1n) is 11.5. The van der Waals surface area contributed by atoms with Crippen LogP contribution in [0.2, 0.25) is 0 Å². The molecule has 0 N–H and O–H groups in total. The Bertz CT molecular complexity index is 503. The molecule has 1 atom stereocenters. The Hall–Kier alpha value is -1.15. The van der Waals surface area contributed by atoms with Gasteiger partial charge in [0.25, 0.3) is 0 Å². The fourth-order valence-electron chi connectivity index (χ4n) is 3.99. The third kappa shape index (κ3) is 9.87. The van der Waals surface area contributed by atoms with Crippen LogP contribution in [0.15, 0.2) is 42.7 Å². The average Bonchev–Trinajstić information content (AvgIpc) is 3.03. The molecule has 0 bridgehead atoms. The summed E-state index contributed by atoms with van der Waals surface area (Å²) >= 11 is 0. The zero-order chi connectivity index (χ0) is 19.2. The van der Waals surface area contributed by atoms with Crippen LogP contribution in [0, 0.1) is 0 Å². The summed E-state index contributed by atoms with van der Waals surface area (Å²) < 4.78 is 0. The molecule has 1 aliphatic heterocycles. The summed E-state index contributed by atoms with van der Waals surface area (Å²) in [6, 6.07) is 10.8. The van der Waals surface area contributed by atoms with E-state index in [1.807, 2.05) is 0 Å². The SMILES string of the molecule is CCCCCCCCCCCCCCN1C=CN(Cc2ccccc2)C1C.Cl. The Morgan fingerprint density at radius 3 is 1.75 bits per heavy atom. The van der Waals surface area contributed by atoms with Crippen LogP contribution in [0.3, 0.4) is 0 Å². The first-order valence-corrected chi connectivity index (χ1v) is 11.5. The van der Waals surface area contributed by atoms with Crippen molar-refractivity contribution < 1.29 is 0 Å². The highest BCUT2D eigenvalue weighted by Gasteiger charge is 2.21. The Labute approximate surface area is 180 Å². The third-order valence-corrected chi connectivity index (χ3v) is 5.89. The molecule has 0 saturated carbocycles. The average molecular weight is 407 g/mol. The first-order chi connectivity index (χ1) is 13.3. The highest BCUT2D eigenvalue weighted by atomic mass is 35.5. The summed E-state index contributed by atoms with van der Waals surface area (Å²) in [6.45, 7) is 6.82. The third-order valence-electron chi connectivity index (χ3n) is 5.89. The second kappa shape index (κ2) is 15.7. The zero-order valence-corrected chi connectivity index (χ0v) is 19.1. The van der Waals surface area contributed by atoms with Gasteiger partial charge >= 0.3 is 0 Å². The molecule has 0 radical (unpaired) electrons. The maximum Gasteiger partial charge on any atom is 0.0981 e. The van der Waals surface area contributed by atoms with Crippen molar-refractivity contribution in [3.05, 3.63) is 48.3 Å². The summed E-state index contributed by atoms with van der Waals surface area (Å²) in [5.41, 5.74) is 1.39. The molecule has 0 saturated heterocycles. The van der Waals surface area contributed by atoms with E-state index in [9.17, 15) is 0 Å². The number of hydrogen-bond acceptors (Lipinski definition) is 2. The van der Waals surface area contributed by atoms with Gasteiger partial charge in [-0.2, -0.15) is 0 Å². The van der Waals surface area contributed by atoms with E-state index < -0.39 is 0 Å². The van der Waals surface area contributed by atoms with E-state index in [0.29, 0.717) is 6.17 Å². The summed E-state index contributed by atoms with van der Waals surface area (Å²) in [5, 5.41) is 0. The molecule has 0 amide bonds. The number of hydrogen-bond donors (Lipinski definition) is 0. The number of rotatable bonds is 15. The number of benzene rings is 1. The predicted molar refractivity (Wildman–Crippen MR) is 126 cm³/mol. The van der Waals surface area contributed by atoms with Crippen molar-refractivity contribution in [1.82, 2.24) is 9.80 Å². The molecule has 0 fully saturated rings. The van der Waals surface area contributed by atoms with Crippen molar-refractivity contribution in [3.63, 3.8) is 0 Å². The molecule has 1 aromatic rings. The summed E-state index contributed by atoms with van der Waals surface area (Å²) in [4.78, 5) is 4.94. The molecule has 0 aliphatic carbocycles.